The van der Waals surface area contributed by atoms with Gasteiger partial charge in [-0.25, -0.2) is 4.68 Å². The molecule has 7 heteroatoms. The lowest BCUT2D eigenvalue weighted by Gasteiger charge is -2.32. The molecule has 1 amide bonds. The van der Waals surface area contributed by atoms with E-state index in [1.54, 1.807) is 36.3 Å². The second kappa shape index (κ2) is 7.58. The van der Waals surface area contributed by atoms with Gasteiger partial charge in [0.15, 0.2) is 0 Å². The van der Waals surface area contributed by atoms with E-state index in [-0.39, 0.29) is 30.0 Å². The van der Waals surface area contributed by atoms with Crippen LogP contribution in [0.1, 0.15) is 24.0 Å². The van der Waals surface area contributed by atoms with Gasteiger partial charge in [-0.2, -0.15) is 0 Å². The van der Waals surface area contributed by atoms with Crippen LogP contribution in [0.25, 0.3) is 10.8 Å². The lowest BCUT2D eigenvalue weighted by atomic mass is 9.96. The summed E-state index contributed by atoms with van der Waals surface area (Å²) in [6.07, 6.45) is 1.88. The number of methoxy groups -OCH3 is 1. The van der Waals surface area contributed by atoms with Gasteiger partial charge in [0.25, 0.3) is 11.1 Å². The smallest absolute Gasteiger partial charge is 0.273 e. The zero-order chi connectivity index (χ0) is 20.5. The zero-order valence-electron chi connectivity index (χ0n) is 16.5. The minimum Gasteiger partial charge on any atom is -0.495 e. The molecule has 150 valence electrons. The zero-order valence-corrected chi connectivity index (χ0v) is 16.5. The second-order valence-electron chi connectivity index (χ2n) is 7.25. The number of hydrogen-bond acceptors (Lipinski definition) is 4. The molecule has 1 aliphatic heterocycles. The third-order valence-electron chi connectivity index (χ3n) is 5.51. The molecule has 0 bridgehead atoms. The normalized spacial score (nSPS) is 13.4. The first kappa shape index (κ1) is 19.0. The predicted molar refractivity (Wildman–Crippen MR) is 112 cm³/mol. The average Bonchev–Trinajstić information content (AvgIpc) is 2.75. The summed E-state index contributed by atoms with van der Waals surface area (Å²) in [6, 6.07) is 10.6. The van der Waals surface area contributed by atoms with Crippen LogP contribution in [0.4, 0.5) is 5.69 Å². The maximum absolute atomic E-state index is 13.0. The molecule has 1 aromatic heterocycles. The van der Waals surface area contributed by atoms with Crippen LogP contribution in [-0.2, 0) is 17.8 Å². The fourth-order valence-corrected chi connectivity index (χ4v) is 4.01. The highest BCUT2D eigenvalue weighted by Crippen LogP contribution is 2.38. The maximum Gasteiger partial charge on any atom is 0.273 e. The van der Waals surface area contributed by atoms with Gasteiger partial charge in [-0.1, -0.05) is 18.2 Å². The average molecular weight is 393 g/mol. The van der Waals surface area contributed by atoms with E-state index in [1.807, 2.05) is 19.1 Å². The van der Waals surface area contributed by atoms with E-state index in [4.69, 9.17) is 4.74 Å². The number of fused-ring (bicyclic) bond motifs is 2. The number of H-pyrrole nitrogens is 1. The van der Waals surface area contributed by atoms with Crippen LogP contribution < -0.4 is 20.8 Å². The van der Waals surface area contributed by atoms with Crippen molar-refractivity contribution in [1.82, 2.24) is 9.78 Å². The molecule has 0 saturated heterocycles. The summed E-state index contributed by atoms with van der Waals surface area (Å²) in [5.41, 5.74) is 2.44. The molecular formula is C22H23N3O4. The molecule has 0 spiro atoms. The van der Waals surface area contributed by atoms with Crippen LogP contribution in [0.5, 0.6) is 5.75 Å². The van der Waals surface area contributed by atoms with Gasteiger partial charge in [-0.15, -0.1) is 0 Å². The van der Waals surface area contributed by atoms with E-state index in [0.717, 1.165) is 29.7 Å². The van der Waals surface area contributed by atoms with Gasteiger partial charge in [0.2, 0.25) is 5.91 Å². The number of nitrogens with one attached hydrogen (secondary N) is 1. The molecule has 2 heterocycles. The Hall–Kier alpha value is -3.35. The van der Waals surface area contributed by atoms with Crippen molar-refractivity contribution in [1.29, 1.82) is 0 Å². The van der Waals surface area contributed by atoms with Gasteiger partial charge in [-0.3, -0.25) is 19.5 Å². The minimum absolute atomic E-state index is 0.101. The third-order valence-corrected chi connectivity index (χ3v) is 5.51. The molecule has 0 fully saturated rings. The number of carbonyl (C=O) groups is 1. The lowest BCUT2D eigenvalue weighted by molar-refractivity contribution is -0.119. The Labute approximate surface area is 167 Å². The second-order valence-corrected chi connectivity index (χ2v) is 7.25. The van der Waals surface area contributed by atoms with Crippen LogP contribution in [0.3, 0.4) is 0 Å². The molecular weight excluding hydrogens is 370 g/mol. The quantitative estimate of drug-likeness (QED) is 0.738. The highest BCUT2D eigenvalue weighted by atomic mass is 16.5. The van der Waals surface area contributed by atoms with E-state index in [0.29, 0.717) is 23.1 Å². The largest absolute Gasteiger partial charge is 0.495 e. The van der Waals surface area contributed by atoms with E-state index >= 15 is 0 Å². The van der Waals surface area contributed by atoms with Crippen molar-refractivity contribution in [2.75, 3.05) is 18.6 Å². The molecule has 0 radical (unpaired) electrons. The monoisotopic (exact) mass is 393 g/mol. The molecule has 1 aliphatic rings. The number of anilines is 1. The highest BCUT2D eigenvalue weighted by molar-refractivity contribution is 5.96. The Morgan fingerprint density at radius 3 is 2.66 bits per heavy atom. The van der Waals surface area contributed by atoms with Gasteiger partial charge in [0.1, 0.15) is 5.75 Å². The summed E-state index contributed by atoms with van der Waals surface area (Å²) in [5.74, 6) is 0.575. The molecule has 0 saturated carbocycles. The summed E-state index contributed by atoms with van der Waals surface area (Å²) in [7, 11) is 1.60. The van der Waals surface area contributed by atoms with E-state index < -0.39 is 0 Å². The number of amides is 1. The van der Waals surface area contributed by atoms with Gasteiger partial charge in [0.05, 0.1) is 30.1 Å². The first-order valence-electron chi connectivity index (χ1n) is 9.70. The van der Waals surface area contributed by atoms with Gasteiger partial charge < -0.3 is 9.64 Å². The van der Waals surface area contributed by atoms with Crippen molar-refractivity contribution in [3.8, 4) is 5.75 Å². The van der Waals surface area contributed by atoms with E-state index in [2.05, 4.69) is 5.10 Å². The lowest BCUT2D eigenvalue weighted by Crippen LogP contribution is -2.38. The first-order valence-corrected chi connectivity index (χ1v) is 9.70. The predicted octanol–water partition coefficient (Wildman–Crippen LogP) is 2.38. The molecule has 7 nitrogen and oxygen atoms in total. The Morgan fingerprint density at radius 2 is 1.90 bits per heavy atom. The fraction of sp³-hybridized carbons (Fsp3) is 0.318. The number of aromatic amines is 1. The van der Waals surface area contributed by atoms with Crippen molar-refractivity contribution < 1.29 is 9.53 Å². The van der Waals surface area contributed by atoms with Crippen molar-refractivity contribution >= 4 is 22.4 Å². The standard InChI is InChI=1S/C22H23N3O4/c1-14-9-10-18(29-2)20-15(14)8-5-12-24(20)19(26)11-13-25-22(28)17-7-4-3-6-16(17)21(27)23-25/h3-4,6-7,9-10H,5,8,11-13H2,1-2H3,(H,23,27). The molecule has 4 rings (SSSR count). The number of ether oxygens (including phenoxy) is 1. The minimum atomic E-state index is -0.340. The van der Waals surface area contributed by atoms with Crippen LogP contribution in [-0.4, -0.2) is 29.3 Å². The van der Waals surface area contributed by atoms with Crippen molar-refractivity contribution in [2.24, 2.45) is 0 Å². The molecule has 0 atom stereocenters. The summed E-state index contributed by atoms with van der Waals surface area (Å²) >= 11 is 0. The Morgan fingerprint density at radius 1 is 1.14 bits per heavy atom. The molecule has 1 N–H and O–H groups in total. The van der Waals surface area contributed by atoms with Crippen LogP contribution in [0, 0.1) is 6.92 Å². The Balaban J connectivity index is 1.62. The number of nitrogens with zero attached hydrogens (tertiary/aromatic N) is 2. The fourth-order valence-electron chi connectivity index (χ4n) is 4.01. The molecule has 0 aliphatic carbocycles. The molecule has 3 aromatic rings. The number of aryl methyl sites for hydroxylation is 2. The van der Waals surface area contributed by atoms with Crippen molar-refractivity contribution in [2.45, 2.75) is 32.7 Å². The number of benzene rings is 2. The van der Waals surface area contributed by atoms with Crippen molar-refractivity contribution in [3.05, 3.63) is 68.2 Å². The van der Waals surface area contributed by atoms with Crippen LogP contribution in [0.2, 0.25) is 0 Å². The SMILES string of the molecule is COc1ccc(C)c2c1N(C(=O)CCn1[nH]c(=O)c3ccccc3c1=O)CCC2. The van der Waals surface area contributed by atoms with Gasteiger partial charge in [-0.05, 0) is 49.1 Å². The van der Waals surface area contributed by atoms with Crippen LogP contribution >= 0.6 is 0 Å². The van der Waals surface area contributed by atoms with Gasteiger partial charge in [0, 0.05) is 13.0 Å². The van der Waals surface area contributed by atoms with E-state index in [1.165, 1.54) is 4.68 Å². The number of aromatic nitrogens is 2. The van der Waals surface area contributed by atoms with E-state index in [9.17, 15) is 14.4 Å². The number of hydrogen-bond donors (Lipinski definition) is 1. The topological polar surface area (TPSA) is 84.4 Å². The third kappa shape index (κ3) is 3.33. The number of carbonyl (C=O) groups excluding carboxylic acids is 1. The summed E-state index contributed by atoms with van der Waals surface area (Å²) in [6.45, 7) is 2.75. The first-order chi connectivity index (χ1) is 14.0. The van der Waals surface area contributed by atoms with Gasteiger partial charge >= 0.3 is 0 Å². The highest BCUT2D eigenvalue weighted by Gasteiger charge is 2.27. The number of rotatable bonds is 4. The molecule has 2 aromatic carbocycles. The Bertz CT molecular complexity index is 1210. The summed E-state index contributed by atoms with van der Waals surface area (Å²) in [4.78, 5) is 39.7. The van der Waals surface area contributed by atoms with Crippen LogP contribution in [0.15, 0.2) is 46.0 Å². The molecule has 29 heavy (non-hydrogen) atoms. The summed E-state index contributed by atoms with van der Waals surface area (Å²) < 4.78 is 6.72. The molecule has 0 unspecified atom stereocenters. The maximum atomic E-state index is 13.0. The Kier molecular flexibility index (Phi) is 4.96. The van der Waals surface area contributed by atoms with Crippen molar-refractivity contribution in [3.63, 3.8) is 0 Å². The summed E-state index contributed by atoms with van der Waals surface area (Å²) in [5, 5.41) is 3.28.